The van der Waals surface area contributed by atoms with Crippen LogP contribution in [-0.4, -0.2) is 37.4 Å². The molecular weight excluding hydrogens is 304 g/mol. The van der Waals surface area contributed by atoms with Crippen molar-refractivity contribution in [1.29, 1.82) is 5.26 Å². The van der Waals surface area contributed by atoms with E-state index in [1.165, 1.54) is 31.4 Å². The van der Waals surface area contributed by atoms with Gasteiger partial charge in [-0.1, -0.05) is 0 Å². The van der Waals surface area contributed by atoms with Gasteiger partial charge in [-0.3, -0.25) is 15.5 Å². The van der Waals surface area contributed by atoms with Crippen LogP contribution in [0.3, 0.4) is 0 Å². The third kappa shape index (κ3) is 5.47. The van der Waals surface area contributed by atoms with Gasteiger partial charge in [0, 0.05) is 0 Å². The second kappa shape index (κ2) is 8.78. The molecular formula is C14H14N4O5. The fourth-order valence-electron chi connectivity index (χ4n) is 1.36. The average molecular weight is 318 g/mol. The highest BCUT2D eigenvalue weighted by Crippen LogP contribution is 2.10. The number of methoxy groups -OCH3 is 1. The van der Waals surface area contributed by atoms with E-state index in [2.05, 4.69) is 20.0 Å². The number of ether oxygens (including phenoxy) is 2. The maximum atomic E-state index is 11.6. The number of hydrogen-bond donors (Lipinski definition) is 2. The molecule has 1 aromatic rings. The number of alkyl carbamates (subject to hydrolysis) is 1. The largest absolute Gasteiger partial charge is 0.465 e. The van der Waals surface area contributed by atoms with Crippen LogP contribution >= 0.6 is 0 Å². The van der Waals surface area contributed by atoms with Crippen molar-refractivity contribution in [2.75, 3.05) is 19.1 Å². The summed E-state index contributed by atoms with van der Waals surface area (Å²) in [6.45, 7) is 1.66. The van der Waals surface area contributed by atoms with Crippen molar-refractivity contribution >= 4 is 29.4 Å². The van der Waals surface area contributed by atoms with Crippen molar-refractivity contribution in [1.82, 2.24) is 5.32 Å². The lowest BCUT2D eigenvalue weighted by Crippen LogP contribution is -2.36. The van der Waals surface area contributed by atoms with Crippen LogP contribution in [0.15, 0.2) is 29.4 Å². The maximum absolute atomic E-state index is 11.6. The summed E-state index contributed by atoms with van der Waals surface area (Å²) < 4.78 is 9.07. The lowest BCUT2D eigenvalue weighted by molar-refractivity contribution is -0.114. The molecule has 2 N–H and O–H groups in total. The number of carbonyl (C=O) groups excluding carboxylic acids is 3. The van der Waals surface area contributed by atoms with E-state index in [-0.39, 0.29) is 6.61 Å². The summed E-state index contributed by atoms with van der Waals surface area (Å²) in [6, 6.07) is 7.53. The SMILES string of the molecule is CCOC(=O)NC(=O)/C(C#N)=N/Nc1ccc(C(=O)OC)cc1. The van der Waals surface area contributed by atoms with Crippen molar-refractivity contribution in [3.8, 4) is 6.07 Å². The molecule has 0 unspecified atom stereocenters. The fourth-order valence-corrected chi connectivity index (χ4v) is 1.36. The van der Waals surface area contributed by atoms with E-state index in [0.29, 0.717) is 11.3 Å². The lowest BCUT2D eigenvalue weighted by atomic mass is 10.2. The first-order valence-electron chi connectivity index (χ1n) is 6.42. The van der Waals surface area contributed by atoms with Crippen LogP contribution in [0.1, 0.15) is 17.3 Å². The zero-order chi connectivity index (χ0) is 17.2. The van der Waals surface area contributed by atoms with E-state index in [4.69, 9.17) is 5.26 Å². The Labute approximate surface area is 131 Å². The molecule has 0 aliphatic carbocycles. The van der Waals surface area contributed by atoms with Gasteiger partial charge >= 0.3 is 12.1 Å². The molecule has 0 aliphatic heterocycles. The molecule has 9 heteroatoms. The van der Waals surface area contributed by atoms with E-state index in [0.717, 1.165) is 0 Å². The molecule has 0 saturated heterocycles. The van der Waals surface area contributed by atoms with E-state index in [1.54, 1.807) is 13.0 Å². The first kappa shape index (κ1) is 17.6. The molecule has 0 bridgehead atoms. The molecule has 0 radical (unpaired) electrons. The van der Waals surface area contributed by atoms with Crippen LogP contribution in [0.4, 0.5) is 10.5 Å². The quantitative estimate of drug-likeness (QED) is 0.471. The number of hydrazone groups is 1. The average Bonchev–Trinajstić information content (AvgIpc) is 2.55. The Morgan fingerprint density at radius 1 is 1.26 bits per heavy atom. The predicted octanol–water partition coefficient (Wildman–Crippen LogP) is 1.04. The van der Waals surface area contributed by atoms with Crippen LogP contribution in [0.2, 0.25) is 0 Å². The molecule has 1 rings (SSSR count). The first-order valence-corrected chi connectivity index (χ1v) is 6.42. The highest BCUT2D eigenvalue weighted by molar-refractivity contribution is 6.46. The molecule has 0 atom stereocenters. The summed E-state index contributed by atoms with van der Waals surface area (Å²) in [6.07, 6.45) is -0.970. The van der Waals surface area contributed by atoms with E-state index in [9.17, 15) is 14.4 Å². The Hall–Kier alpha value is -3.41. The van der Waals surface area contributed by atoms with Gasteiger partial charge in [0.1, 0.15) is 6.07 Å². The van der Waals surface area contributed by atoms with Crippen LogP contribution in [0.25, 0.3) is 0 Å². The molecule has 0 aliphatic rings. The highest BCUT2D eigenvalue weighted by Gasteiger charge is 2.15. The van der Waals surface area contributed by atoms with Gasteiger partial charge in [0.05, 0.1) is 25.0 Å². The van der Waals surface area contributed by atoms with Gasteiger partial charge < -0.3 is 9.47 Å². The molecule has 0 saturated carbocycles. The summed E-state index contributed by atoms with van der Waals surface area (Å²) in [4.78, 5) is 34.0. The number of imide groups is 1. The second-order valence-electron chi connectivity index (χ2n) is 3.93. The van der Waals surface area contributed by atoms with Crippen molar-refractivity contribution in [3.63, 3.8) is 0 Å². The lowest BCUT2D eigenvalue weighted by Gasteiger charge is -2.04. The summed E-state index contributed by atoms with van der Waals surface area (Å²) in [7, 11) is 1.26. The molecule has 23 heavy (non-hydrogen) atoms. The van der Waals surface area contributed by atoms with Crippen molar-refractivity contribution in [3.05, 3.63) is 29.8 Å². The Bertz CT molecular complexity index is 661. The minimum Gasteiger partial charge on any atom is -0.465 e. The monoisotopic (exact) mass is 318 g/mol. The van der Waals surface area contributed by atoms with Crippen molar-refractivity contribution < 1.29 is 23.9 Å². The molecule has 0 aromatic heterocycles. The third-order valence-corrected chi connectivity index (χ3v) is 2.41. The summed E-state index contributed by atoms with van der Waals surface area (Å²) >= 11 is 0. The summed E-state index contributed by atoms with van der Waals surface area (Å²) in [5, 5.41) is 14.3. The Morgan fingerprint density at radius 2 is 1.91 bits per heavy atom. The molecule has 1 aromatic carbocycles. The van der Waals surface area contributed by atoms with Crippen molar-refractivity contribution in [2.45, 2.75) is 6.92 Å². The standard InChI is InChI=1S/C14H14N4O5/c1-3-23-14(21)16-12(19)11(8-15)18-17-10-6-4-9(5-7-10)13(20)22-2/h4-7,17H,3H2,1-2H3,(H,16,19,21)/b18-11+. The zero-order valence-corrected chi connectivity index (χ0v) is 12.5. The minimum absolute atomic E-state index is 0.0862. The summed E-state index contributed by atoms with van der Waals surface area (Å²) in [5.74, 6) is -1.49. The Kier molecular flexibility index (Phi) is 6.74. The smallest absolute Gasteiger partial charge is 0.414 e. The number of esters is 1. The molecule has 0 fully saturated rings. The van der Waals surface area contributed by atoms with Gasteiger partial charge in [0.15, 0.2) is 0 Å². The van der Waals surface area contributed by atoms with Crippen LogP contribution in [0.5, 0.6) is 0 Å². The number of rotatable bonds is 5. The highest BCUT2D eigenvalue weighted by atomic mass is 16.5. The van der Waals surface area contributed by atoms with Crippen LogP contribution in [-0.2, 0) is 14.3 Å². The van der Waals surface area contributed by atoms with E-state index in [1.807, 2.05) is 5.32 Å². The molecule has 120 valence electrons. The topological polar surface area (TPSA) is 130 Å². The van der Waals surface area contributed by atoms with Crippen LogP contribution < -0.4 is 10.7 Å². The molecule has 0 heterocycles. The normalized spacial score (nSPS) is 10.2. The molecule has 9 nitrogen and oxygen atoms in total. The predicted molar refractivity (Wildman–Crippen MR) is 79.6 cm³/mol. The van der Waals surface area contributed by atoms with Gasteiger partial charge in [-0.2, -0.15) is 10.4 Å². The van der Waals surface area contributed by atoms with Gasteiger partial charge in [0.2, 0.25) is 5.71 Å². The number of anilines is 1. The number of amides is 2. The van der Waals surface area contributed by atoms with Gasteiger partial charge in [-0.05, 0) is 31.2 Å². The molecule has 0 spiro atoms. The maximum Gasteiger partial charge on any atom is 0.414 e. The number of benzene rings is 1. The number of nitriles is 1. The first-order chi connectivity index (χ1) is 11.0. The number of nitrogens with one attached hydrogen (secondary N) is 2. The summed E-state index contributed by atoms with van der Waals surface area (Å²) in [5.41, 5.74) is 2.67. The Balaban J connectivity index is 2.73. The van der Waals surface area contributed by atoms with E-state index < -0.39 is 23.7 Å². The minimum atomic E-state index is -0.996. The third-order valence-electron chi connectivity index (χ3n) is 2.41. The van der Waals surface area contributed by atoms with E-state index >= 15 is 0 Å². The Morgan fingerprint density at radius 3 is 2.43 bits per heavy atom. The van der Waals surface area contributed by atoms with Gasteiger partial charge in [-0.15, -0.1) is 0 Å². The van der Waals surface area contributed by atoms with Gasteiger partial charge in [0.25, 0.3) is 5.91 Å². The zero-order valence-electron chi connectivity index (χ0n) is 12.5. The van der Waals surface area contributed by atoms with Crippen molar-refractivity contribution in [2.24, 2.45) is 5.10 Å². The molecule has 2 amide bonds. The fraction of sp³-hybridized carbons (Fsp3) is 0.214. The number of hydrogen-bond acceptors (Lipinski definition) is 8. The number of nitrogens with zero attached hydrogens (tertiary/aromatic N) is 2. The second-order valence-corrected chi connectivity index (χ2v) is 3.93. The van der Waals surface area contributed by atoms with Gasteiger partial charge in [-0.25, -0.2) is 9.59 Å². The number of carbonyl (C=O) groups is 3. The van der Waals surface area contributed by atoms with Crippen LogP contribution in [0, 0.1) is 11.3 Å².